The number of nitrogens with one attached hydrogen (secondary N) is 1. The first-order valence-electron chi connectivity index (χ1n) is 9.57. The lowest BCUT2D eigenvalue weighted by Crippen LogP contribution is -2.45. The summed E-state index contributed by atoms with van der Waals surface area (Å²) in [6.07, 6.45) is -9.04. The van der Waals surface area contributed by atoms with Crippen LogP contribution in [0.4, 0.5) is 26.3 Å². The molecule has 0 radical (unpaired) electrons. The fourth-order valence-electron chi connectivity index (χ4n) is 3.06. The van der Waals surface area contributed by atoms with Gasteiger partial charge in [0.2, 0.25) is 5.17 Å². The van der Waals surface area contributed by atoms with E-state index in [2.05, 4.69) is 20.5 Å². The quantitative estimate of drug-likeness (QED) is 0.635. The van der Waals surface area contributed by atoms with Crippen molar-refractivity contribution < 1.29 is 35.9 Å². The number of alkyl halides is 6. The smallest absolute Gasteiger partial charge is 0.342 e. The van der Waals surface area contributed by atoms with E-state index in [1.807, 2.05) is 0 Å². The molecule has 2 heterocycles. The number of nitrogens with zero attached hydrogens (tertiary/aromatic N) is 5. The Balaban J connectivity index is 1.91. The first-order valence-corrected chi connectivity index (χ1v) is 10.4. The number of halogens is 6. The van der Waals surface area contributed by atoms with E-state index in [9.17, 15) is 35.9 Å². The van der Waals surface area contributed by atoms with Gasteiger partial charge >= 0.3 is 12.4 Å². The summed E-state index contributed by atoms with van der Waals surface area (Å²) in [5, 5.41) is 11.8. The molecule has 1 aliphatic rings. The number of hydrazone groups is 1. The second-order valence-electron chi connectivity index (χ2n) is 7.84. The second kappa shape index (κ2) is 8.60. The van der Waals surface area contributed by atoms with Gasteiger partial charge in [-0.1, -0.05) is 11.8 Å². The molecule has 2 amide bonds. The molecule has 2 aromatic rings. The predicted molar refractivity (Wildman–Crippen MR) is 110 cm³/mol. The third kappa shape index (κ3) is 5.18. The summed E-state index contributed by atoms with van der Waals surface area (Å²) in [6, 6.07) is -0.374. The molecule has 0 bridgehead atoms. The molecule has 1 aliphatic heterocycles. The molecule has 0 saturated carbocycles. The topological polar surface area (TPSA) is 92.5 Å². The van der Waals surface area contributed by atoms with E-state index < -0.39 is 45.7 Å². The Bertz CT molecular complexity index is 1120. The Morgan fingerprint density at radius 1 is 1.09 bits per heavy atom. The number of benzene rings is 1. The number of carbonyl (C=O) groups is 2. The van der Waals surface area contributed by atoms with E-state index in [-0.39, 0.29) is 23.0 Å². The van der Waals surface area contributed by atoms with Gasteiger partial charge in [-0.3, -0.25) is 9.59 Å². The van der Waals surface area contributed by atoms with Crippen molar-refractivity contribution in [2.45, 2.75) is 43.9 Å². The highest BCUT2D eigenvalue weighted by Gasteiger charge is 2.40. The van der Waals surface area contributed by atoms with Gasteiger partial charge in [0.1, 0.15) is 6.33 Å². The van der Waals surface area contributed by atoms with Crippen LogP contribution < -0.4 is 5.32 Å². The molecule has 3 rings (SSSR count). The third-order valence-corrected chi connectivity index (χ3v) is 5.85. The van der Waals surface area contributed by atoms with Crippen LogP contribution in [-0.2, 0) is 17.1 Å². The van der Waals surface area contributed by atoms with E-state index in [4.69, 9.17) is 0 Å². The van der Waals surface area contributed by atoms with E-state index in [1.54, 1.807) is 13.8 Å². The molecule has 0 saturated heterocycles. The molecule has 0 fully saturated rings. The van der Waals surface area contributed by atoms with Gasteiger partial charge in [0.05, 0.1) is 21.9 Å². The van der Waals surface area contributed by atoms with Crippen LogP contribution >= 0.6 is 11.8 Å². The van der Waals surface area contributed by atoms with Gasteiger partial charge in [-0.15, -0.1) is 5.10 Å². The first kappa shape index (κ1) is 25.5. The van der Waals surface area contributed by atoms with E-state index in [0.29, 0.717) is 12.1 Å². The summed E-state index contributed by atoms with van der Waals surface area (Å²) in [5.41, 5.74) is -4.03. The fourth-order valence-corrected chi connectivity index (χ4v) is 4.13. The highest BCUT2D eigenvalue weighted by Crippen LogP contribution is 2.37. The number of amides is 2. The van der Waals surface area contributed by atoms with Crippen LogP contribution in [0.1, 0.15) is 54.1 Å². The molecular weight excluding hydrogens is 490 g/mol. The second-order valence-corrected chi connectivity index (χ2v) is 9.43. The molecule has 1 N–H and O–H groups in total. The highest BCUT2D eigenvalue weighted by atomic mass is 32.2. The highest BCUT2D eigenvalue weighted by molar-refractivity contribution is 8.15. The Kier molecular flexibility index (Phi) is 6.45. The van der Waals surface area contributed by atoms with Crippen LogP contribution in [0.25, 0.3) is 0 Å². The molecule has 0 spiro atoms. The number of hydrogen-bond donors (Lipinski definition) is 1. The van der Waals surface area contributed by atoms with Crippen molar-refractivity contribution in [1.29, 1.82) is 0 Å². The van der Waals surface area contributed by atoms with Crippen LogP contribution in [0.15, 0.2) is 29.6 Å². The standard InChI is InChI=1S/C19H18F6N6O2S/c1-9(13-26-8-27-31(13)16-29-30(4)15(33)17(2,3)34-16)28-14(32)10-5-11(18(20,21)22)7-12(6-10)19(23,24)25/h5-9H,1-4H3,(H,28,32). The molecule has 1 unspecified atom stereocenters. The summed E-state index contributed by atoms with van der Waals surface area (Å²) in [5.74, 6) is -1.35. The maximum Gasteiger partial charge on any atom is 0.416 e. The average molecular weight is 508 g/mol. The molecule has 1 atom stereocenters. The van der Waals surface area contributed by atoms with Gasteiger partial charge < -0.3 is 5.32 Å². The number of rotatable bonds is 3. The average Bonchev–Trinajstić information content (AvgIpc) is 3.20. The third-order valence-electron chi connectivity index (χ3n) is 4.73. The number of carbonyl (C=O) groups excluding carboxylic acids is 2. The number of hydrogen-bond acceptors (Lipinski definition) is 6. The molecule has 1 aromatic heterocycles. The lowest BCUT2D eigenvalue weighted by Gasteiger charge is -2.31. The van der Waals surface area contributed by atoms with E-state index in [1.165, 1.54) is 18.7 Å². The Labute approximate surface area is 193 Å². The maximum atomic E-state index is 13.1. The molecule has 1 aromatic carbocycles. The zero-order valence-electron chi connectivity index (χ0n) is 18.1. The normalized spacial score (nSPS) is 17.4. The Morgan fingerprint density at radius 2 is 1.65 bits per heavy atom. The molecule has 184 valence electrons. The monoisotopic (exact) mass is 508 g/mol. The maximum absolute atomic E-state index is 13.1. The van der Waals surface area contributed by atoms with Gasteiger partial charge in [0.25, 0.3) is 11.8 Å². The predicted octanol–water partition coefficient (Wildman–Crippen LogP) is 3.91. The van der Waals surface area contributed by atoms with E-state index in [0.717, 1.165) is 23.1 Å². The largest absolute Gasteiger partial charge is 0.416 e. The van der Waals surface area contributed by atoms with Gasteiger partial charge in [-0.2, -0.15) is 36.1 Å². The SMILES string of the molecule is CC(NC(=O)c1cc(C(F)(F)F)cc(C(F)(F)F)c1)c1ncnn1C1=NN(C)C(=O)C(C)(C)S1. The van der Waals surface area contributed by atoms with Crippen LogP contribution in [-0.4, -0.2) is 48.6 Å². The summed E-state index contributed by atoms with van der Waals surface area (Å²) in [4.78, 5) is 28.8. The summed E-state index contributed by atoms with van der Waals surface area (Å²) >= 11 is 1.07. The van der Waals surface area contributed by atoms with Crippen molar-refractivity contribution in [2.24, 2.45) is 5.10 Å². The lowest BCUT2D eigenvalue weighted by atomic mass is 10.0. The molecule has 8 nitrogen and oxygen atoms in total. The first-order chi connectivity index (χ1) is 15.5. The number of aromatic nitrogens is 3. The van der Waals surface area contributed by atoms with Crippen LogP contribution in [0.3, 0.4) is 0 Å². The van der Waals surface area contributed by atoms with Crippen LogP contribution in [0.2, 0.25) is 0 Å². The van der Waals surface area contributed by atoms with Gasteiger partial charge in [-0.25, -0.2) is 9.99 Å². The van der Waals surface area contributed by atoms with Gasteiger partial charge in [0.15, 0.2) is 5.82 Å². The molecule has 34 heavy (non-hydrogen) atoms. The summed E-state index contributed by atoms with van der Waals surface area (Å²) in [7, 11) is 1.44. The molecule has 15 heteroatoms. The lowest BCUT2D eigenvalue weighted by molar-refractivity contribution is -0.143. The van der Waals surface area contributed by atoms with Crippen LogP contribution in [0.5, 0.6) is 0 Å². The number of thioether (sulfide) groups is 1. The van der Waals surface area contributed by atoms with Gasteiger partial charge in [0, 0.05) is 12.6 Å². The van der Waals surface area contributed by atoms with E-state index >= 15 is 0 Å². The minimum atomic E-state index is -5.09. The zero-order valence-corrected chi connectivity index (χ0v) is 18.9. The Morgan fingerprint density at radius 3 is 2.15 bits per heavy atom. The zero-order chi connectivity index (χ0) is 25.6. The Hall–Kier alpha value is -3.10. The minimum absolute atomic E-state index is 0.0607. The summed E-state index contributed by atoms with van der Waals surface area (Å²) < 4.78 is 78.9. The van der Waals surface area contributed by atoms with Crippen molar-refractivity contribution in [3.63, 3.8) is 0 Å². The fraction of sp³-hybridized carbons (Fsp3) is 0.421. The van der Waals surface area contributed by atoms with Gasteiger partial charge in [-0.05, 0) is 39.0 Å². The van der Waals surface area contributed by atoms with Crippen molar-refractivity contribution >= 4 is 28.7 Å². The minimum Gasteiger partial charge on any atom is -0.342 e. The van der Waals surface area contributed by atoms with Crippen molar-refractivity contribution in [1.82, 2.24) is 25.1 Å². The van der Waals surface area contributed by atoms with Crippen molar-refractivity contribution in [3.8, 4) is 0 Å². The molecule has 0 aliphatic carbocycles. The summed E-state index contributed by atoms with van der Waals surface area (Å²) in [6.45, 7) is 4.75. The van der Waals surface area contributed by atoms with Crippen LogP contribution in [0, 0.1) is 0 Å². The van der Waals surface area contributed by atoms with Crippen molar-refractivity contribution in [2.75, 3.05) is 7.05 Å². The molecular formula is C19H18F6N6O2S. The van der Waals surface area contributed by atoms with Crippen molar-refractivity contribution in [3.05, 3.63) is 47.0 Å².